The molecule has 0 saturated carbocycles. The van der Waals surface area contributed by atoms with Crippen LogP contribution in [0.4, 0.5) is 4.39 Å². The summed E-state index contributed by atoms with van der Waals surface area (Å²) in [7, 11) is -1.96. The van der Waals surface area contributed by atoms with Gasteiger partial charge in [-0.1, -0.05) is 24.3 Å². The number of likely N-dealkylation sites (N-methyl/N-ethyl adjacent to an activating group) is 1. The number of hydrogen-bond donors (Lipinski definition) is 1. The topological polar surface area (TPSA) is 86.8 Å². The molecule has 1 fully saturated rings. The maximum absolute atomic E-state index is 13.2. The summed E-state index contributed by atoms with van der Waals surface area (Å²) in [6.45, 7) is 2.93. The molecule has 9 heteroatoms. The maximum Gasteiger partial charge on any atom is 0.243 e. The number of amides is 2. The van der Waals surface area contributed by atoms with Gasteiger partial charge in [0.05, 0.1) is 4.90 Å². The lowest BCUT2D eigenvalue weighted by molar-refractivity contribution is -0.140. The first-order chi connectivity index (χ1) is 15.7. The number of carbonyl (C=O) groups excluding carboxylic acids is 2. The zero-order valence-electron chi connectivity index (χ0n) is 19.0. The monoisotopic (exact) mass is 475 g/mol. The fourth-order valence-corrected chi connectivity index (χ4v) is 5.40. The first-order valence-corrected chi connectivity index (χ1v) is 12.5. The molecule has 178 valence electrons. The van der Waals surface area contributed by atoms with Gasteiger partial charge in [-0.05, 0) is 61.6 Å². The Labute approximate surface area is 194 Å². The second-order valence-electron chi connectivity index (χ2n) is 8.19. The standard InChI is InChI=1S/C24H30FN3O4S/c1-18(24(30)26-2)28(17-20-5-10-21(25)11-6-20)23(29)14-9-19-7-12-22(13-8-19)33(31,32)27-15-3-4-16-27/h5-8,10-13,18H,3-4,9,14-17H2,1-2H3,(H,26,30)/t18-/m0/s1. The van der Waals surface area contributed by atoms with Crippen LogP contribution < -0.4 is 5.32 Å². The molecular weight excluding hydrogens is 445 g/mol. The van der Waals surface area contributed by atoms with Crippen LogP contribution >= 0.6 is 0 Å². The summed E-state index contributed by atoms with van der Waals surface area (Å²) >= 11 is 0. The molecule has 0 aliphatic carbocycles. The van der Waals surface area contributed by atoms with Crippen LogP contribution in [0.5, 0.6) is 0 Å². The van der Waals surface area contributed by atoms with E-state index in [1.165, 1.54) is 28.4 Å². The van der Waals surface area contributed by atoms with Gasteiger partial charge in [0.15, 0.2) is 0 Å². The molecule has 0 bridgehead atoms. The van der Waals surface area contributed by atoms with Gasteiger partial charge in [0, 0.05) is 33.1 Å². The molecule has 1 atom stereocenters. The molecule has 2 aromatic rings. The smallest absolute Gasteiger partial charge is 0.243 e. The SMILES string of the molecule is CNC(=O)[C@H](C)N(Cc1ccc(F)cc1)C(=O)CCc1ccc(S(=O)(=O)N2CCCC2)cc1. The lowest BCUT2D eigenvalue weighted by atomic mass is 10.1. The number of nitrogens with zero attached hydrogens (tertiary/aromatic N) is 2. The van der Waals surface area contributed by atoms with E-state index in [4.69, 9.17) is 0 Å². The van der Waals surface area contributed by atoms with Gasteiger partial charge < -0.3 is 10.2 Å². The zero-order valence-corrected chi connectivity index (χ0v) is 19.8. The first-order valence-electron chi connectivity index (χ1n) is 11.1. The molecule has 33 heavy (non-hydrogen) atoms. The van der Waals surface area contributed by atoms with Crippen molar-refractivity contribution < 1.29 is 22.4 Å². The number of aryl methyl sites for hydroxylation is 1. The van der Waals surface area contributed by atoms with Gasteiger partial charge in [0.25, 0.3) is 0 Å². The summed E-state index contributed by atoms with van der Waals surface area (Å²) in [4.78, 5) is 26.9. The van der Waals surface area contributed by atoms with Gasteiger partial charge in [-0.25, -0.2) is 12.8 Å². The minimum absolute atomic E-state index is 0.154. The molecule has 0 spiro atoms. The predicted octanol–water partition coefficient (Wildman–Crippen LogP) is 2.71. The van der Waals surface area contributed by atoms with Crippen LogP contribution in [0.3, 0.4) is 0 Å². The lowest BCUT2D eigenvalue weighted by Gasteiger charge is -2.28. The minimum atomic E-state index is -3.47. The fraction of sp³-hybridized carbons (Fsp3) is 0.417. The highest BCUT2D eigenvalue weighted by atomic mass is 32.2. The Bertz CT molecular complexity index is 1070. The molecule has 0 aromatic heterocycles. The van der Waals surface area contributed by atoms with Crippen molar-refractivity contribution in [3.63, 3.8) is 0 Å². The van der Waals surface area contributed by atoms with E-state index in [1.807, 2.05) is 0 Å². The minimum Gasteiger partial charge on any atom is -0.357 e. The average Bonchev–Trinajstić information content (AvgIpc) is 3.37. The molecular formula is C24H30FN3O4S. The van der Waals surface area contributed by atoms with Crippen molar-refractivity contribution in [3.8, 4) is 0 Å². The number of sulfonamides is 1. The average molecular weight is 476 g/mol. The fourth-order valence-electron chi connectivity index (χ4n) is 3.88. The van der Waals surface area contributed by atoms with Crippen molar-refractivity contribution in [2.24, 2.45) is 0 Å². The molecule has 3 rings (SSSR count). The molecule has 1 aliphatic heterocycles. The Morgan fingerprint density at radius 3 is 2.18 bits per heavy atom. The molecule has 1 heterocycles. The van der Waals surface area contributed by atoms with Crippen LogP contribution in [-0.4, -0.2) is 55.6 Å². The van der Waals surface area contributed by atoms with E-state index < -0.39 is 16.1 Å². The van der Waals surface area contributed by atoms with Crippen molar-refractivity contribution >= 4 is 21.8 Å². The first kappa shape index (κ1) is 24.9. The Balaban J connectivity index is 1.67. The van der Waals surface area contributed by atoms with E-state index in [-0.39, 0.29) is 35.5 Å². The van der Waals surface area contributed by atoms with E-state index >= 15 is 0 Å². The molecule has 2 amide bonds. The lowest BCUT2D eigenvalue weighted by Crippen LogP contribution is -2.46. The van der Waals surface area contributed by atoms with Gasteiger partial charge >= 0.3 is 0 Å². The van der Waals surface area contributed by atoms with Gasteiger partial charge in [0.1, 0.15) is 11.9 Å². The molecule has 2 aromatic carbocycles. The van der Waals surface area contributed by atoms with E-state index in [9.17, 15) is 22.4 Å². The van der Waals surface area contributed by atoms with E-state index in [0.29, 0.717) is 19.5 Å². The highest BCUT2D eigenvalue weighted by Crippen LogP contribution is 2.21. The third kappa shape index (κ3) is 6.17. The van der Waals surface area contributed by atoms with Crippen molar-refractivity contribution in [1.29, 1.82) is 0 Å². The Morgan fingerprint density at radius 1 is 1.03 bits per heavy atom. The zero-order chi connectivity index (χ0) is 24.0. The van der Waals surface area contributed by atoms with Crippen LogP contribution in [0.2, 0.25) is 0 Å². The second kappa shape index (κ2) is 10.9. The van der Waals surface area contributed by atoms with Crippen molar-refractivity contribution in [2.75, 3.05) is 20.1 Å². The summed E-state index contributed by atoms with van der Waals surface area (Å²) < 4.78 is 40.1. The number of rotatable bonds is 9. The van der Waals surface area contributed by atoms with Crippen molar-refractivity contribution in [1.82, 2.24) is 14.5 Å². The number of carbonyl (C=O) groups is 2. The predicted molar refractivity (Wildman–Crippen MR) is 123 cm³/mol. The highest BCUT2D eigenvalue weighted by Gasteiger charge is 2.27. The van der Waals surface area contributed by atoms with Gasteiger partial charge in [0.2, 0.25) is 21.8 Å². The Morgan fingerprint density at radius 2 is 1.61 bits per heavy atom. The van der Waals surface area contributed by atoms with Gasteiger partial charge in [-0.15, -0.1) is 0 Å². The highest BCUT2D eigenvalue weighted by molar-refractivity contribution is 7.89. The van der Waals surface area contributed by atoms with Crippen LogP contribution in [-0.2, 0) is 32.6 Å². The second-order valence-corrected chi connectivity index (χ2v) is 10.1. The van der Waals surface area contributed by atoms with E-state index in [0.717, 1.165) is 24.0 Å². The van der Waals surface area contributed by atoms with Gasteiger partial charge in [-0.2, -0.15) is 4.31 Å². The van der Waals surface area contributed by atoms with Crippen LogP contribution in [0.25, 0.3) is 0 Å². The van der Waals surface area contributed by atoms with Crippen LogP contribution in [0, 0.1) is 5.82 Å². The third-order valence-corrected chi connectivity index (χ3v) is 7.85. The molecule has 0 unspecified atom stereocenters. The number of halogens is 1. The quantitative estimate of drug-likeness (QED) is 0.604. The summed E-state index contributed by atoms with van der Waals surface area (Å²) in [5.41, 5.74) is 1.55. The van der Waals surface area contributed by atoms with Crippen molar-refractivity contribution in [2.45, 2.75) is 50.1 Å². The molecule has 1 aliphatic rings. The number of hydrogen-bond acceptors (Lipinski definition) is 4. The third-order valence-electron chi connectivity index (χ3n) is 5.93. The summed E-state index contributed by atoms with van der Waals surface area (Å²) in [6.07, 6.45) is 2.31. The molecule has 1 N–H and O–H groups in total. The number of benzene rings is 2. The Kier molecular flexibility index (Phi) is 8.20. The van der Waals surface area contributed by atoms with E-state index in [2.05, 4.69) is 5.32 Å². The van der Waals surface area contributed by atoms with Crippen molar-refractivity contribution in [3.05, 3.63) is 65.5 Å². The Hall–Kier alpha value is -2.78. The molecule has 1 saturated heterocycles. The van der Waals surface area contributed by atoms with Crippen LogP contribution in [0.15, 0.2) is 53.4 Å². The molecule has 0 radical (unpaired) electrons. The van der Waals surface area contributed by atoms with Gasteiger partial charge in [-0.3, -0.25) is 9.59 Å². The summed E-state index contributed by atoms with van der Waals surface area (Å²) in [5.74, 6) is -0.878. The van der Waals surface area contributed by atoms with Crippen LogP contribution in [0.1, 0.15) is 37.3 Å². The summed E-state index contributed by atoms with van der Waals surface area (Å²) in [6, 6.07) is 11.7. The largest absolute Gasteiger partial charge is 0.357 e. The number of nitrogens with one attached hydrogen (secondary N) is 1. The van der Waals surface area contributed by atoms with E-state index in [1.54, 1.807) is 43.3 Å². The summed E-state index contributed by atoms with van der Waals surface area (Å²) in [5, 5.41) is 2.56. The maximum atomic E-state index is 13.2. The normalized spacial score (nSPS) is 15.2. The molecule has 7 nitrogen and oxygen atoms in total.